The zero-order chi connectivity index (χ0) is 47.2. The Kier molecular flexibility index (Phi) is 9.21. The highest BCUT2D eigenvalue weighted by Gasteiger charge is 2.36. The minimum Gasteiger partial charge on any atom is -0.454 e. The van der Waals surface area contributed by atoms with Crippen molar-refractivity contribution in [3.63, 3.8) is 0 Å². The summed E-state index contributed by atoms with van der Waals surface area (Å²) in [7, 11) is 0. The lowest BCUT2D eigenvalue weighted by atomic mass is 9.82. The van der Waals surface area contributed by atoms with Gasteiger partial charge >= 0.3 is 0 Å². The van der Waals surface area contributed by atoms with Gasteiger partial charge in [-0.1, -0.05) is 178 Å². The van der Waals surface area contributed by atoms with Crippen molar-refractivity contribution >= 4 is 88.6 Å². The van der Waals surface area contributed by atoms with E-state index in [0.717, 1.165) is 67.2 Å². The summed E-state index contributed by atoms with van der Waals surface area (Å²) >= 11 is 0. The largest absolute Gasteiger partial charge is 0.454 e. The Morgan fingerprint density at radius 2 is 0.972 bits per heavy atom. The third kappa shape index (κ3) is 6.45. The van der Waals surface area contributed by atoms with Gasteiger partial charge < -0.3 is 18.8 Å². The van der Waals surface area contributed by atoms with Crippen molar-refractivity contribution in [1.82, 2.24) is 4.57 Å². The Hall–Kier alpha value is -9.12. The smallest absolute Gasteiger partial charge is 0.159 e. The molecule has 14 rings (SSSR count). The lowest BCUT2D eigenvalue weighted by Gasteiger charge is -2.30. The quantitative estimate of drug-likeness (QED) is 0.152. The molecule has 11 aromatic carbocycles. The Balaban J connectivity index is 0.958. The summed E-state index contributed by atoms with van der Waals surface area (Å²) in [6.07, 6.45) is 0. The molecule has 0 N–H and O–H groups in total. The van der Waals surface area contributed by atoms with E-state index in [4.69, 9.17) is 4.42 Å². The van der Waals surface area contributed by atoms with Crippen molar-refractivity contribution in [2.24, 2.45) is 0 Å². The van der Waals surface area contributed by atoms with Gasteiger partial charge in [0.2, 0.25) is 0 Å². The van der Waals surface area contributed by atoms with E-state index in [-0.39, 0.29) is 5.41 Å². The van der Waals surface area contributed by atoms with Crippen molar-refractivity contribution in [1.29, 1.82) is 0 Å². The van der Waals surface area contributed by atoms with Gasteiger partial charge in [0.25, 0.3) is 0 Å². The predicted octanol–water partition coefficient (Wildman–Crippen LogP) is 18.7. The standard InChI is InChI=1S/C67H47N3O/c1-67(2)59-31-11-8-27-53(59)54-39-37-51(43-60(54)67)68(49-24-16-25-50(42-49)69(47-21-4-3-5-22-47)63-34-17-30-58-57-29-10-13-35-65(57)71-66(58)63)48-23-14-20-45(40-48)46-36-38-56-55-28-9-12-32-62(55)70(64(56)41-46)61-33-15-19-44-18-6-7-26-52(44)61/h3-43H,1-2H3. The summed E-state index contributed by atoms with van der Waals surface area (Å²) in [4.78, 5) is 4.76. The number of rotatable bonds is 8. The summed E-state index contributed by atoms with van der Waals surface area (Å²) in [5.41, 5.74) is 18.9. The summed E-state index contributed by atoms with van der Waals surface area (Å²) < 4.78 is 9.16. The van der Waals surface area contributed by atoms with Crippen LogP contribution in [0.5, 0.6) is 0 Å². The monoisotopic (exact) mass is 909 g/mol. The molecule has 0 aliphatic heterocycles. The number of hydrogen-bond donors (Lipinski definition) is 0. The topological polar surface area (TPSA) is 24.6 Å². The van der Waals surface area contributed by atoms with Gasteiger partial charge in [0.1, 0.15) is 5.58 Å². The normalized spacial score (nSPS) is 12.8. The van der Waals surface area contributed by atoms with Crippen molar-refractivity contribution in [3.8, 4) is 27.9 Å². The minimum atomic E-state index is -0.176. The summed E-state index contributed by atoms with van der Waals surface area (Å²) in [5, 5.41) is 7.11. The number of fused-ring (bicyclic) bond motifs is 10. The van der Waals surface area contributed by atoms with Crippen LogP contribution in [0.25, 0.3) is 82.5 Å². The molecule has 0 saturated carbocycles. The fourth-order valence-corrected chi connectivity index (χ4v) is 11.6. The maximum atomic E-state index is 6.71. The van der Waals surface area contributed by atoms with Crippen LogP contribution in [0.15, 0.2) is 253 Å². The average Bonchev–Trinajstić information content (AvgIpc) is 4.04. The molecule has 336 valence electrons. The van der Waals surface area contributed by atoms with Crippen LogP contribution >= 0.6 is 0 Å². The molecule has 0 unspecified atom stereocenters. The second-order valence-corrected chi connectivity index (χ2v) is 19.3. The number of hydrogen-bond acceptors (Lipinski definition) is 3. The molecule has 1 aliphatic rings. The summed E-state index contributed by atoms with van der Waals surface area (Å²) in [6, 6.07) is 90.4. The van der Waals surface area contributed by atoms with Crippen LogP contribution in [0.3, 0.4) is 0 Å². The van der Waals surface area contributed by atoms with Crippen molar-refractivity contribution < 1.29 is 4.42 Å². The van der Waals surface area contributed by atoms with Crippen LogP contribution in [-0.2, 0) is 5.41 Å². The highest BCUT2D eigenvalue weighted by molar-refractivity contribution is 6.12. The molecule has 4 heteroatoms. The van der Waals surface area contributed by atoms with Crippen molar-refractivity contribution in [3.05, 3.63) is 260 Å². The van der Waals surface area contributed by atoms with Gasteiger partial charge in [-0.15, -0.1) is 0 Å². The minimum absolute atomic E-state index is 0.176. The first-order valence-electron chi connectivity index (χ1n) is 24.5. The van der Waals surface area contributed by atoms with Crippen molar-refractivity contribution in [2.45, 2.75) is 19.3 Å². The molecule has 1 aliphatic carbocycles. The molecule has 0 amide bonds. The highest BCUT2D eigenvalue weighted by Crippen LogP contribution is 2.52. The Labute approximate surface area is 412 Å². The number of benzene rings is 11. The van der Waals surface area contributed by atoms with Crippen LogP contribution in [0, 0.1) is 0 Å². The predicted molar refractivity (Wildman–Crippen MR) is 298 cm³/mol. The summed E-state index contributed by atoms with van der Waals surface area (Å²) in [6.45, 7) is 4.72. The van der Waals surface area contributed by atoms with Crippen LogP contribution in [0.2, 0.25) is 0 Å². The second-order valence-electron chi connectivity index (χ2n) is 19.3. The molecular formula is C67H47N3O. The third-order valence-electron chi connectivity index (χ3n) is 14.9. The van der Waals surface area contributed by atoms with E-state index in [1.165, 1.54) is 60.5 Å². The molecule has 0 bridgehead atoms. The zero-order valence-corrected chi connectivity index (χ0v) is 39.4. The van der Waals surface area contributed by atoms with Gasteiger partial charge in [-0.3, -0.25) is 0 Å². The first-order valence-corrected chi connectivity index (χ1v) is 24.5. The zero-order valence-electron chi connectivity index (χ0n) is 39.4. The highest BCUT2D eigenvalue weighted by atomic mass is 16.3. The maximum Gasteiger partial charge on any atom is 0.159 e. The van der Waals surface area contributed by atoms with Gasteiger partial charge in [-0.2, -0.15) is 0 Å². The molecule has 2 aromatic heterocycles. The lowest BCUT2D eigenvalue weighted by Crippen LogP contribution is -2.17. The molecule has 13 aromatic rings. The van der Waals surface area contributed by atoms with Crippen LogP contribution in [0.4, 0.5) is 34.1 Å². The first kappa shape index (κ1) is 40.9. The van der Waals surface area contributed by atoms with Crippen LogP contribution in [-0.4, -0.2) is 4.57 Å². The first-order chi connectivity index (χ1) is 35.0. The van der Waals surface area contributed by atoms with E-state index >= 15 is 0 Å². The van der Waals surface area contributed by atoms with Gasteiger partial charge in [0, 0.05) is 60.8 Å². The van der Waals surface area contributed by atoms with E-state index < -0.39 is 0 Å². The molecule has 4 nitrogen and oxygen atoms in total. The second kappa shape index (κ2) is 16.0. The van der Waals surface area contributed by atoms with Crippen LogP contribution in [0.1, 0.15) is 25.0 Å². The molecule has 0 fully saturated rings. The van der Waals surface area contributed by atoms with Gasteiger partial charge in [0.15, 0.2) is 5.58 Å². The van der Waals surface area contributed by atoms with E-state index in [1.807, 2.05) is 6.07 Å². The van der Waals surface area contributed by atoms with E-state index in [9.17, 15) is 0 Å². The fraction of sp³-hybridized carbons (Fsp3) is 0.0448. The number of nitrogens with zero attached hydrogens (tertiary/aromatic N) is 3. The van der Waals surface area contributed by atoms with Crippen LogP contribution < -0.4 is 9.80 Å². The Bertz CT molecular complexity index is 4230. The lowest BCUT2D eigenvalue weighted by molar-refractivity contribution is 0.660. The number of aromatic nitrogens is 1. The van der Waals surface area contributed by atoms with Gasteiger partial charge in [-0.25, -0.2) is 0 Å². The average molecular weight is 910 g/mol. The molecule has 0 spiro atoms. The third-order valence-corrected chi connectivity index (χ3v) is 14.9. The molecule has 0 saturated heterocycles. The molecule has 0 atom stereocenters. The van der Waals surface area contributed by atoms with Gasteiger partial charge in [-0.05, 0) is 124 Å². The number of anilines is 6. The van der Waals surface area contributed by atoms with E-state index in [2.05, 4.69) is 271 Å². The summed E-state index contributed by atoms with van der Waals surface area (Å²) in [5.74, 6) is 0. The van der Waals surface area contributed by atoms with Crippen molar-refractivity contribution in [2.75, 3.05) is 9.80 Å². The van der Waals surface area contributed by atoms with E-state index in [1.54, 1.807) is 0 Å². The molecule has 71 heavy (non-hydrogen) atoms. The molecule has 0 radical (unpaired) electrons. The SMILES string of the molecule is CC1(C)c2ccccc2-c2ccc(N(c3cccc(-c4ccc5c6ccccc6n(-c6cccc7ccccc67)c5c4)c3)c3cccc(N(c4ccccc4)c4cccc5c4oc4ccccc45)c3)cc21. The molecular weight excluding hydrogens is 863 g/mol. The fourth-order valence-electron chi connectivity index (χ4n) is 11.6. The number of furan rings is 1. The number of para-hydroxylation sites is 4. The maximum absolute atomic E-state index is 6.71. The molecule has 2 heterocycles. The van der Waals surface area contributed by atoms with Gasteiger partial charge in [0.05, 0.1) is 22.4 Å². The Morgan fingerprint density at radius 3 is 1.86 bits per heavy atom. The van der Waals surface area contributed by atoms with E-state index in [0.29, 0.717) is 0 Å². The Morgan fingerprint density at radius 1 is 0.366 bits per heavy atom.